The number of anilines is 3. The second-order valence-electron chi connectivity index (χ2n) is 9.45. The van der Waals surface area contributed by atoms with Crippen LogP contribution in [0.3, 0.4) is 0 Å². The molecule has 5 heterocycles. The zero-order valence-electron chi connectivity index (χ0n) is 18.5. The molecule has 0 saturated carbocycles. The maximum Gasteiger partial charge on any atom is 0.228 e. The van der Waals surface area contributed by atoms with E-state index in [0.29, 0.717) is 11.4 Å². The number of rotatable bonds is 4. The van der Waals surface area contributed by atoms with Crippen LogP contribution in [0, 0.1) is 5.41 Å². The fourth-order valence-corrected chi connectivity index (χ4v) is 5.06. The van der Waals surface area contributed by atoms with Crippen molar-refractivity contribution in [3.05, 3.63) is 42.9 Å². The SMILES string of the molecule is CC(C)n1ncc2ccc3cnc(Nc4ccc(N5CC6(CCNCC6)C5)cn4)nc3c21. The first-order chi connectivity index (χ1) is 15.6. The molecule has 0 aliphatic carbocycles. The molecule has 3 aromatic heterocycles. The molecular formula is C24H28N8. The second-order valence-corrected chi connectivity index (χ2v) is 9.45. The Morgan fingerprint density at radius 3 is 2.53 bits per heavy atom. The third-order valence-corrected chi connectivity index (χ3v) is 6.87. The average Bonchev–Trinajstić information content (AvgIpc) is 3.24. The van der Waals surface area contributed by atoms with Crippen LogP contribution in [0.15, 0.2) is 42.9 Å². The Kier molecular flexibility index (Phi) is 4.50. The number of fused-ring (bicyclic) bond motifs is 3. The fourth-order valence-electron chi connectivity index (χ4n) is 5.06. The summed E-state index contributed by atoms with van der Waals surface area (Å²) in [7, 11) is 0. The van der Waals surface area contributed by atoms with E-state index in [1.54, 1.807) is 0 Å². The van der Waals surface area contributed by atoms with Crippen LogP contribution in [-0.4, -0.2) is 50.9 Å². The van der Waals surface area contributed by atoms with Crippen LogP contribution in [0.5, 0.6) is 0 Å². The molecule has 2 aliphatic heterocycles. The van der Waals surface area contributed by atoms with Gasteiger partial charge in [0, 0.05) is 41.5 Å². The minimum atomic E-state index is 0.254. The summed E-state index contributed by atoms with van der Waals surface area (Å²) in [6.45, 7) is 8.81. The molecule has 2 fully saturated rings. The van der Waals surface area contributed by atoms with Gasteiger partial charge in [-0.25, -0.2) is 15.0 Å². The first kappa shape index (κ1) is 19.4. The molecule has 0 bridgehead atoms. The van der Waals surface area contributed by atoms with Crippen LogP contribution in [-0.2, 0) is 0 Å². The Bertz CT molecular complexity index is 1260. The van der Waals surface area contributed by atoms with Gasteiger partial charge in [-0.1, -0.05) is 12.1 Å². The van der Waals surface area contributed by atoms with Crippen LogP contribution in [0.2, 0.25) is 0 Å². The Morgan fingerprint density at radius 2 is 1.78 bits per heavy atom. The highest BCUT2D eigenvalue weighted by molar-refractivity contribution is 6.03. The first-order valence-corrected chi connectivity index (χ1v) is 11.4. The van der Waals surface area contributed by atoms with Crippen molar-refractivity contribution in [2.24, 2.45) is 5.41 Å². The number of nitrogens with zero attached hydrogens (tertiary/aromatic N) is 6. The molecule has 0 unspecified atom stereocenters. The molecule has 164 valence electrons. The van der Waals surface area contributed by atoms with E-state index in [1.807, 2.05) is 35.4 Å². The van der Waals surface area contributed by atoms with E-state index in [2.05, 4.69) is 56.6 Å². The molecule has 8 nitrogen and oxygen atoms in total. The van der Waals surface area contributed by atoms with Gasteiger partial charge in [0.2, 0.25) is 5.95 Å². The molecule has 1 spiro atoms. The zero-order valence-corrected chi connectivity index (χ0v) is 18.5. The number of benzene rings is 1. The van der Waals surface area contributed by atoms with Crippen LogP contribution >= 0.6 is 0 Å². The third-order valence-electron chi connectivity index (χ3n) is 6.87. The molecular weight excluding hydrogens is 400 g/mol. The highest BCUT2D eigenvalue weighted by Gasteiger charge is 2.43. The minimum absolute atomic E-state index is 0.254. The summed E-state index contributed by atoms with van der Waals surface area (Å²) in [6, 6.07) is 8.52. The van der Waals surface area contributed by atoms with E-state index in [0.717, 1.165) is 53.8 Å². The van der Waals surface area contributed by atoms with Gasteiger partial charge in [-0.15, -0.1) is 0 Å². The summed E-state index contributed by atoms with van der Waals surface area (Å²) in [4.78, 5) is 16.4. The number of hydrogen-bond donors (Lipinski definition) is 2. The molecule has 0 radical (unpaired) electrons. The summed E-state index contributed by atoms with van der Waals surface area (Å²) in [5.41, 5.74) is 3.63. The van der Waals surface area contributed by atoms with E-state index in [4.69, 9.17) is 4.98 Å². The highest BCUT2D eigenvalue weighted by atomic mass is 15.3. The van der Waals surface area contributed by atoms with Crippen LogP contribution in [0.4, 0.5) is 17.5 Å². The van der Waals surface area contributed by atoms with Crippen LogP contribution in [0.25, 0.3) is 21.8 Å². The molecule has 6 rings (SSSR count). The number of hydrogen-bond acceptors (Lipinski definition) is 7. The predicted octanol–water partition coefficient (Wildman–Crippen LogP) is 3.89. The van der Waals surface area contributed by atoms with E-state index in [9.17, 15) is 0 Å². The predicted molar refractivity (Wildman–Crippen MR) is 127 cm³/mol. The zero-order chi connectivity index (χ0) is 21.7. The van der Waals surface area contributed by atoms with E-state index in [1.165, 1.54) is 18.5 Å². The molecule has 32 heavy (non-hydrogen) atoms. The van der Waals surface area contributed by atoms with Gasteiger partial charge in [-0.3, -0.25) is 4.68 Å². The van der Waals surface area contributed by atoms with Crippen molar-refractivity contribution in [3.8, 4) is 0 Å². The standard InChI is InChI=1S/C24H28N8/c1-16(2)32-22-18(12-28-32)4-3-17-11-27-23(30-21(17)22)29-20-6-5-19(13-26-20)31-14-24(15-31)7-9-25-10-8-24/h3-6,11-13,16,25H,7-10,14-15H2,1-2H3,(H,26,27,29,30). The Labute approximate surface area is 187 Å². The summed E-state index contributed by atoms with van der Waals surface area (Å²) >= 11 is 0. The van der Waals surface area contributed by atoms with E-state index < -0.39 is 0 Å². The van der Waals surface area contributed by atoms with Gasteiger partial charge in [0.1, 0.15) is 11.3 Å². The normalized spacial score (nSPS) is 17.9. The third kappa shape index (κ3) is 3.26. The molecule has 4 aromatic rings. The topological polar surface area (TPSA) is 83.8 Å². The smallest absolute Gasteiger partial charge is 0.228 e. The molecule has 2 saturated heterocycles. The van der Waals surface area contributed by atoms with Gasteiger partial charge in [0.25, 0.3) is 0 Å². The lowest BCUT2D eigenvalue weighted by atomic mass is 9.72. The van der Waals surface area contributed by atoms with Crippen molar-refractivity contribution in [2.45, 2.75) is 32.7 Å². The van der Waals surface area contributed by atoms with Gasteiger partial charge in [0.15, 0.2) is 0 Å². The van der Waals surface area contributed by atoms with Crippen molar-refractivity contribution in [3.63, 3.8) is 0 Å². The molecule has 0 amide bonds. The lowest BCUT2D eigenvalue weighted by Crippen LogP contribution is -2.60. The Balaban J connectivity index is 1.23. The van der Waals surface area contributed by atoms with E-state index in [-0.39, 0.29) is 6.04 Å². The van der Waals surface area contributed by atoms with Gasteiger partial charge in [-0.05, 0) is 51.9 Å². The second kappa shape index (κ2) is 7.41. The monoisotopic (exact) mass is 428 g/mol. The van der Waals surface area contributed by atoms with Crippen molar-refractivity contribution < 1.29 is 0 Å². The van der Waals surface area contributed by atoms with Gasteiger partial charge >= 0.3 is 0 Å². The summed E-state index contributed by atoms with van der Waals surface area (Å²) < 4.78 is 2.02. The first-order valence-electron chi connectivity index (χ1n) is 11.4. The maximum absolute atomic E-state index is 4.82. The average molecular weight is 429 g/mol. The van der Waals surface area contributed by atoms with Crippen LogP contribution in [0.1, 0.15) is 32.7 Å². The molecule has 1 aromatic carbocycles. The fraction of sp³-hybridized carbons (Fsp3) is 0.417. The van der Waals surface area contributed by atoms with Gasteiger partial charge in [-0.2, -0.15) is 5.10 Å². The Hall–Kier alpha value is -3.26. The van der Waals surface area contributed by atoms with Crippen LogP contribution < -0.4 is 15.5 Å². The minimum Gasteiger partial charge on any atom is -0.369 e. The Morgan fingerprint density at radius 1 is 0.969 bits per heavy atom. The number of nitrogens with one attached hydrogen (secondary N) is 2. The highest BCUT2D eigenvalue weighted by Crippen LogP contribution is 2.41. The molecule has 0 atom stereocenters. The van der Waals surface area contributed by atoms with Crippen molar-refractivity contribution >= 4 is 39.3 Å². The van der Waals surface area contributed by atoms with Gasteiger partial charge < -0.3 is 15.5 Å². The molecule has 2 aliphatic rings. The number of piperidine rings is 1. The van der Waals surface area contributed by atoms with Crippen molar-refractivity contribution in [1.29, 1.82) is 0 Å². The van der Waals surface area contributed by atoms with E-state index >= 15 is 0 Å². The molecule has 2 N–H and O–H groups in total. The lowest BCUT2D eigenvalue weighted by molar-refractivity contribution is 0.150. The summed E-state index contributed by atoms with van der Waals surface area (Å²) in [5, 5.41) is 13.4. The van der Waals surface area contributed by atoms with Crippen molar-refractivity contribution in [2.75, 3.05) is 36.4 Å². The lowest BCUT2D eigenvalue weighted by Gasteiger charge is -2.53. The summed E-state index contributed by atoms with van der Waals surface area (Å²) in [6.07, 6.45) is 8.25. The largest absolute Gasteiger partial charge is 0.369 e. The van der Waals surface area contributed by atoms with Gasteiger partial charge in [0.05, 0.1) is 23.6 Å². The maximum atomic E-state index is 4.82. The molecule has 8 heteroatoms. The number of pyridine rings is 1. The quantitative estimate of drug-likeness (QED) is 0.510. The summed E-state index contributed by atoms with van der Waals surface area (Å²) in [5.74, 6) is 1.29. The van der Waals surface area contributed by atoms with Crippen molar-refractivity contribution in [1.82, 2.24) is 30.0 Å². The number of aromatic nitrogens is 5.